The van der Waals surface area contributed by atoms with Crippen LogP contribution in [0.3, 0.4) is 0 Å². The second-order valence-electron chi connectivity index (χ2n) is 5.83. The summed E-state index contributed by atoms with van der Waals surface area (Å²) >= 11 is 0. The van der Waals surface area contributed by atoms with Crippen LogP contribution in [0, 0.1) is 0 Å². The molecule has 0 bridgehead atoms. The van der Waals surface area contributed by atoms with E-state index in [9.17, 15) is 0 Å². The molecule has 1 aromatic rings. The zero-order valence-electron chi connectivity index (χ0n) is 12.7. The fraction of sp³-hybridized carbons (Fsp3) is 0.556. The summed E-state index contributed by atoms with van der Waals surface area (Å²) in [4.78, 5) is 0. The van der Waals surface area contributed by atoms with Crippen LogP contribution in [-0.2, 0) is 11.2 Å². The van der Waals surface area contributed by atoms with Crippen molar-refractivity contribution in [3.8, 4) is 5.75 Å². The second-order valence-corrected chi connectivity index (χ2v) is 5.83. The Bertz CT molecular complexity index is 433. The van der Waals surface area contributed by atoms with E-state index in [4.69, 9.17) is 9.47 Å². The predicted octanol–water partition coefficient (Wildman–Crippen LogP) is 4.53. The summed E-state index contributed by atoms with van der Waals surface area (Å²) in [5.74, 6) is 0.959. The Kier molecular flexibility index (Phi) is 5.66. The SMILES string of the molecule is CCC/C=C/CCCc1cccc(OCC2(C)CO2)c1. The van der Waals surface area contributed by atoms with Crippen molar-refractivity contribution < 1.29 is 9.47 Å². The van der Waals surface area contributed by atoms with Gasteiger partial charge >= 0.3 is 0 Å². The molecule has 0 spiro atoms. The van der Waals surface area contributed by atoms with Gasteiger partial charge in [0.05, 0.1) is 6.61 Å². The molecule has 0 radical (unpaired) electrons. The maximum atomic E-state index is 5.79. The van der Waals surface area contributed by atoms with Crippen LogP contribution >= 0.6 is 0 Å². The molecular weight excluding hydrogens is 248 g/mol. The Morgan fingerprint density at radius 2 is 2.10 bits per heavy atom. The van der Waals surface area contributed by atoms with Crippen molar-refractivity contribution in [2.75, 3.05) is 13.2 Å². The molecule has 1 saturated heterocycles. The molecule has 1 fully saturated rings. The Morgan fingerprint density at radius 3 is 2.85 bits per heavy atom. The van der Waals surface area contributed by atoms with Gasteiger partial charge in [0.25, 0.3) is 0 Å². The first kappa shape index (κ1) is 15.1. The average molecular weight is 274 g/mol. The van der Waals surface area contributed by atoms with Crippen molar-refractivity contribution in [3.05, 3.63) is 42.0 Å². The number of aryl methyl sites for hydroxylation is 1. The zero-order valence-corrected chi connectivity index (χ0v) is 12.7. The number of allylic oxidation sites excluding steroid dienone is 2. The number of hydrogen-bond donors (Lipinski definition) is 0. The van der Waals surface area contributed by atoms with Crippen LogP contribution in [-0.4, -0.2) is 18.8 Å². The Morgan fingerprint density at radius 1 is 1.30 bits per heavy atom. The molecule has 0 N–H and O–H groups in total. The van der Waals surface area contributed by atoms with E-state index in [1.807, 2.05) is 6.07 Å². The van der Waals surface area contributed by atoms with Crippen LogP contribution in [0.1, 0.15) is 45.1 Å². The van der Waals surface area contributed by atoms with Gasteiger partial charge in [-0.1, -0.05) is 37.6 Å². The average Bonchev–Trinajstić information content (AvgIpc) is 3.20. The van der Waals surface area contributed by atoms with Gasteiger partial charge in [-0.25, -0.2) is 0 Å². The number of unbranched alkanes of at least 4 members (excludes halogenated alkanes) is 2. The van der Waals surface area contributed by atoms with Crippen LogP contribution in [0.4, 0.5) is 0 Å². The second kappa shape index (κ2) is 7.49. The number of ether oxygens (including phenoxy) is 2. The lowest BCUT2D eigenvalue weighted by atomic mass is 10.1. The molecule has 1 atom stereocenters. The third-order valence-corrected chi connectivity index (χ3v) is 3.54. The number of hydrogen-bond acceptors (Lipinski definition) is 2. The summed E-state index contributed by atoms with van der Waals surface area (Å²) in [5, 5.41) is 0. The smallest absolute Gasteiger partial charge is 0.123 e. The lowest BCUT2D eigenvalue weighted by Crippen LogP contribution is -2.16. The van der Waals surface area contributed by atoms with E-state index in [1.165, 1.54) is 24.8 Å². The molecule has 0 aromatic heterocycles. The van der Waals surface area contributed by atoms with Crippen LogP contribution in [0.2, 0.25) is 0 Å². The summed E-state index contributed by atoms with van der Waals surface area (Å²) in [6.45, 7) is 5.76. The Hall–Kier alpha value is -1.28. The van der Waals surface area contributed by atoms with E-state index in [2.05, 4.69) is 44.2 Å². The summed E-state index contributed by atoms with van der Waals surface area (Å²) in [7, 11) is 0. The minimum absolute atomic E-state index is 0.0416. The summed E-state index contributed by atoms with van der Waals surface area (Å²) in [6, 6.07) is 8.43. The van der Waals surface area contributed by atoms with Gasteiger partial charge in [-0.3, -0.25) is 0 Å². The lowest BCUT2D eigenvalue weighted by Gasteiger charge is -2.10. The number of benzene rings is 1. The summed E-state index contributed by atoms with van der Waals surface area (Å²) in [5.41, 5.74) is 1.31. The van der Waals surface area contributed by atoms with Crippen LogP contribution in [0.15, 0.2) is 36.4 Å². The minimum Gasteiger partial charge on any atom is -0.490 e. The van der Waals surface area contributed by atoms with E-state index in [0.29, 0.717) is 6.61 Å². The first-order valence-corrected chi connectivity index (χ1v) is 7.72. The monoisotopic (exact) mass is 274 g/mol. The molecule has 0 aliphatic carbocycles. The van der Waals surface area contributed by atoms with E-state index in [-0.39, 0.29) is 5.60 Å². The highest BCUT2D eigenvalue weighted by Crippen LogP contribution is 2.27. The molecule has 110 valence electrons. The zero-order chi connectivity index (χ0) is 14.3. The van der Waals surface area contributed by atoms with Crippen LogP contribution in [0.25, 0.3) is 0 Å². The Balaban J connectivity index is 1.71. The lowest BCUT2D eigenvalue weighted by molar-refractivity contribution is 0.202. The molecule has 1 aliphatic heterocycles. The highest BCUT2D eigenvalue weighted by molar-refractivity contribution is 5.28. The molecule has 1 aromatic carbocycles. The standard InChI is InChI=1S/C18H26O2/c1-3-4-5-6-7-8-10-16-11-9-12-17(13-16)19-14-18(2)15-20-18/h5-6,9,11-13H,3-4,7-8,10,14-15H2,1-2H3/b6-5+. The maximum Gasteiger partial charge on any atom is 0.123 e. The maximum absolute atomic E-state index is 5.79. The van der Waals surface area contributed by atoms with Crippen molar-refractivity contribution in [1.29, 1.82) is 0 Å². The third kappa shape index (κ3) is 5.38. The number of rotatable bonds is 9. The van der Waals surface area contributed by atoms with Gasteiger partial charge in [-0.15, -0.1) is 0 Å². The van der Waals surface area contributed by atoms with Crippen molar-refractivity contribution in [1.82, 2.24) is 0 Å². The highest BCUT2D eigenvalue weighted by atomic mass is 16.6. The Labute approximate surface area is 122 Å². The van der Waals surface area contributed by atoms with Crippen LogP contribution in [0.5, 0.6) is 5.75 Å². The molecule has 2 rings (SSSR count). The van der Waals surface area contributed by atoms with Crippen molar-refractivity contribution >= 4 is 0 Å². The molecule has 1 unspecified atom stereocenters. The molecule has 1 aliphatic rings. The summed E-state index contributed by atoms with van der Waals surface area (Å²) < 4.78 is 11.1. The first-order valence-electron chi connectivity index (χ1n) is 7.72. The van der Waals surface area contributed by atoms with Gasteiger partial charge in [0.1, 0.15) is 18.0 Å². The van der Waals surface area contributed by atoms with Gasteiger partial charge in [-0.05, 0) is 50.3 Å². The molecule has 0 amide bonds. The fourth-order valence-electron chi connectivity index (χ4n) is 2.06. The van der Waals surface area contributed by atoms with Crippen molar-refractivity contribution in [3.63, 3.8) is 0 Å². The normalized spacial score (nSPS) is 21.3. The van der Waals surface area contributed by atoms with Crippen LogP contribution < -0.4 is 4.74 Å². The van der Waals surface area contributed by atoms with E-state index in [0.717, 1.165) is 25.2 Å². The molecule has 2 nitrogen and oxygen atoms in total. The largest absolute Gasteiger partial charge is 0.490 e. The van der Waals surface area contributed by atoms with E-state index < -0.39 is 0 Å². The molecular formula is C18H26O2. The van der Waals surface area contributed by atoms with Crippen molar-refractivity contribution in [2.45, 2.75) is 51.6 Å². The van der Waals surface area contributed by atoms with Gasteiger partial charge in [0.2, 0.25) is 0 Å². The van der Waals surface area contributed by atoms with E-state index >= 15 is 0 Å². The predicted molar refractivity (Wildman–Crippen MR) is 83.3 cm³/mol. The molecule has 0 saturated carbocycles. The van der Waals surface area contributed by atoms with Crippen molar-refractivity contribution in [2.24, 2.45) is 0 Å². The van der Waals surface area contributed by atoms with Gasteiger partial charge in [0.15, 0.2) is 0 Å². The molecule has 1 heterocycles. The topological polar surface area (TPSA) is 21.8 Å². The quantitative estimate of drug-likeness (QED) is 0.375. The molecule has 2 heteroatoms. The summed E-state index contributed by atoms with van der Waals surface area (Å²) in [6.07, 6.45) is 10.5. The van der Waals surface area contributed by atoms with Gasteiger partial charge in [-0.2, -0.15) is 0 Å². The van der Waals surface area contributed by atoms with E-state index in [1.54, 1.807) is 0 Å². The third-order valence-electron chi connectivity index (χ3n) is 3.54. The van der Waals surface area contributed by atoms with Gasteiger partial charge < -0.3 is 9.47 Å². The van der Waals surface area contributed by atoms with Gasteiger partial charge in [0, 0.05) is 0 Å². The minimum atomic E-state index is -0.0416. The fourth-order valence-corrected chi connectivity index (χ4v) is 2.06. The molecule has 20 heavy (non-hydrogen) atoms. The first-order chi connectivity index (χ1) is 9.72. The number of epoxide rings is 1. The highest BCUT2D eigenvalue weighted by Gasteiger charge is 2.40.